The Balaban J connectivity index is 1.59. The third-order valence-electron chi connectivity index (χ3n) is 6.42. The number of benzene rings is 3. The van der Waals surface area contributed by atoms with E-state index >= 15 is 0 Å². The van der Waals surface area contributed by atoms with Crippen LogP contribution in [-0.2, 0) is 11.3 Å². The van der Waals surface area contributed by atoms with E-state index in [1.807, 2.05) is 61.6 Å². The molecule has 0 aliphatic carbocycles. The van der Waals surface area contributed by atoms with Crippen LogP contribution in [-0.4, -0.2) is 56.0 Å². The first-order valence-electron chi connectivity index (χ1n) is 11.4. The lowest BCUT2D eigenvalue weighted by Crippen LogP contribution is -2.36. The zero-order valence-electron chi connectivity index (χ0n) is 19.8. The van der Waals surface area contributed by atoms with E-state index < -0.39 is 0 Å². The van der Waals surface area contributed by atoms with Crippen molar-refractivity contribution in [2.24, 2.45) is 5.92 Å². The number of carbonyl (C=O) groups is 2. The number of carbonyl (C=O) groups excluding carboxylic acids is 2. The summed E-state index contributed by atoms with van der Waals surface area (Å²) in [6, 6.07) is 24.8. The highest BCUT2D eigenvalue weighted by Crippen LogP contribution is 2.36. The average molecular weight is 459 g/mol. The van der Waals surface area contributed by atoms with Crippen molar-refractivity contribution in [2.45, 2.75) is 12.5 Å². The molecular weight excluding hydrogens is 428 g/mol. The number of likely N-dealkylation sites (tertiary alicyclic amines) is 1. The summed E-state index contributed by atoms with van der Waals surface area (Å²) in [7, 11) is 5.05. The number of nitrogens with zero attached hydrogens (tertiary/aromatic N) is 2. The highest BCUT2D eigenvalue weighted by molar-refractivity contribution is 5.95. The summed E-state index contributed by atoms with van der Waals surface area (Å²) in [6.07, 6.45) is 0. The molecule has 2 amide bonds. The van der Waals surface area contributed by atoms with Crippen LogP contribution in [0.25, 0.3) is 0 Å². The summed E-state index contributed by atoms with van der Waals surface area (Å²) < 4.78 is 10.6. The number of ether oxygens (including phenoxy) is 2. The molecule has 34 heavy (non-hydrogen) atoms. The third-order valence-corrected chi connectivity index (χ3v) is 6.42. The molecule has 0 radical (unpaired) electrons. The molecule has 0 spiro atoms. The van der Waals surface area contributed by atoms with Gasteiger partial charge in [0.2, 0.25) is 5.91 Å². The number of hydrogen-bond donors (Lipinski definition) is 0. The van der Waals surface area contributed by atoms with Crippen LogP contribution in [0.3, 0.4) is 0 Å². The van der Waals surface area contributed by atoms with Crippen molar-refractivity contribution in [1.82, 2.24) is 9.80 Å². The fraction of sp³-hybridized carbons (Fsp3) is 0.286. The lowest BCUT2D eigenvalue weighted by atomic mass is 9.88. The van der Waals surface area contributed by atoms with Crippen molar-refractivity contribution < 1.29 is 19.1 Å². The number of rotatable bonds is 7. The number of hydrogen-bond acceptors (Lipinski definition) is 4. The topological polar surface area (TPSA) is 59.1 Å². The minimum atomic E-state index is -0.344. The fourth-order valence-corrected chi connectivity index (χ4v) is 4.56. The van der Waals surface area contributed by atoms with Crippen LogP contribution < -0.4 is 9.47 Å². The quantitative estimate of drug-likeness (QED) is 0.532. The van der Waals surface area contributed by atoms with Crippen molar-refractivity contribution in [3.8, 4) is 11.5 Å². The van der Waals surface area contributed by atoms with Crippen LogP contribution in [0.1, 0.15) is 27.4 Å². The van der Waals surface area contributed by atoms with Crippen molar-refractivity contribution in [2.75, 3.05) is 34.4 Å². The Labute approximate surface area is 200 Å². The van der Waals surface area contributed by atoms with Crippen LogP contribution in [0.15, 0.2) is 78.9 Å². The van der Waals surface area contributed by atoms with Gasteiger partial charge >= 0.3 is 0 Å². The zero-order chi connectivity index (χ0) is 24.1. The molecule has 3 aromatic rings. The van der Waals surface area contributed by atoms with Crippen LogP contribution in [0.2, 0.25) is 0 Å². The Morgan fingerprint density at radius 3 is 2.26 bits per heavy atom. The molecule has 4 rings (SSSR count). The normalized spacial score (nSPS) is 17.3. The van der Waals surface area contributed by atoms with Crippen LogP contribution in [0.4, 0.5) is 0 Å². The van der Waals surface area contributed by atoms with E-state index in [1.165, 1.54) is 0 Å². The maximum Gasteiger partial charge on any atom is 0.253 e. The molecule has 1 heterocycles. The van der Waals surface area contributed by atoms with Crippen LogP contribution in [0, 0.1) is 5.92 Å². The van der Waals surface area contributed by atoms with Gasteiger partial charge in [0, 0.05) is 38.2 Å². The van der Waals surface area contributed by atoms with Gasteiger partial charge in [0.15, 0.2) is 0 Å². The van der Waals surface area contributed by atoms with Gasteiger partial charge in [0.05, 0.1) is 20.1 Å². The second kappa shape index (κ2) is 10.4. The highest BCUT2D eigenvalue weighted by atomic mass is 16.5. The van der Waals surface area contributed by atoms with Crippen LogP contribution in [0.5, 0.6) is 11.5 Å². The monoisotopic (exact) mass is 458 g/mol. The molecule has 1 fully saturated rings. The molecule has 0 saturated carbocycles. The molecule has 0 N–H and O–H groups in total. The first-order chi connectivity index (χ1) is 16.5. The van der Waals surface area contributed by atoms with Gasteiger partial charge in [-0.3, -0.25) is 9.59 Å². The van der Waals surface area contributed by atoms with E-state index in [9.17, 15) is 9.59 Å². The van der Waals surface area contributed by atoms with E-state index in [0.717, 1.165) is 16.9 Å². The number of amides is 2. The van der Waals surface area contributed by atoms with Crippen molar-refractivity contribution in [3.05, 3.63) is 95.6 Å². The van der Waals surface area contributed by atoms with Gasteiger partial charge in [-0.1, -0.05) is 42.5 Å². The van der Waals surface area contributed by atoms with Gasteiger partial charge in [-0.15, -0.1) is 0 Å². The van der Waals surface area contributed by atoms with Crippen molar-refractivity contribution in [1.29, 1.82) is 0 Å². The van der Waals surface area contributed by atoms with E-state index in [4.69, 9.17) is 9.47 Å². The molecule has 6 heteroatoms. The molecule has 1 saturated heterocycles. The maximum absolute atomic E-state index is 13.6. The van der Waals surface area contributed by atoms with Gasteiger partial charge in [-0.2, -0.15) is 0 Å². The van der Waals surface area contributed by atoms with Crippen molar-refractivity contribution >= 4 is 11.8 Å². The van der Waals surface area contributed by atoms with Gasteiger partial charge in [0.1, 0.15) is 11.5 Å². The molecule has 2 atom stereocenters. The number of methoxy groups -OCH3 is 2. The van der Waals surface area contributed by atoms with E-state index in [-0.39, 0.29) is 23.7 Å². The van der Waals surface area contributed by atoms with Gasteiger partial charge in [-0.05, 0) is 47.5 Å². The molecule has 0 aromatic heterocycles. The Morgan fingerprint density at radius 2 is 1.59 bits per heavy atom. The molecule has 3 aromatic carbocycles. The SMILES string of the molecule is COc1ccc(C(=O)N2C[C@@H](C(=O)N(C)Cc3ccccc3)[C@H](c3cccc(OC)c3)C2)cc1. The zero-order valence-corrected chi connectivity index (χ0v) is 19.8. The predicted octanol–water partition coefficient (Wildman–Crippen LogP) is 4.22. The summed E-state index contributed by atoms with van der Waals surface area (Å²) in [5.41, 5.74) is 2.65. The van der Waals surface area contributed by atoms with Gasteiger partial charge in [-0.25, -0.2) is 0 Å². The predicted molar refractivity (Wildman–Crippen MR) is 131 cm³/mol. The standard InChI is InChI=1S/C28H30N2O4/c1-29(17-20-8-5-4-6-9-20)28(32)26-19-30(27(31)21-12-14-23(33-2)15-13-21)18-25(26)22-10-7-11-24(16-22)34-3/h4-16,25-26H,17-19H2,1-3H3/t25-,26+/m0/s1. The molecule has 6 nitrogen and oxygen atoms in total. The smallest absolute Gasteiger partial charge is 0.253 e. The Hall–Kier alpha value is -3.80. The molecule has 1 aliphatic rings. The summed E-state index contributed by atoms with van der Waals surface area (Å²) in [5, 5.41) is 0. The van der Waals surface area contributed by atoms with Crippen molar-refractivity contribution in [3.63, 3.8) is 0 Å². The largest absolute Gasteiger partial charge is 0.497 e. The first-order valence-corrected chi connectivity index (χ1v) is 11.4. The third kappa shape index (κ3) is 5.06. The molecule has 0 unspecified atom stereocenters. The van der Waals surface area contributed by atoms with E-state index in [2.05, 4.69) is 0 Å². The average Bonchev–Trinajstić information content (AvgIpc) is 3.34. The minimum absolute atomic E-state index is 0.0294. The molecular formula is C28H30N2O4. The lowest BCUT2D eigenvalue weighted by molar-refractivity contribution is -0.134. The Morgan fingerprint density at radius 1 is 0.882 bits per heavy atom. The fourth-order valence-electron chi connectivity index (χ4n) is 4.56. The highest BCUT2D eigenvalue weighted by Gasteiger charge is 2.41. The minimum Gasteiger partial charge on any atom is -0.497 e. The van der Waals surface area contributed by atoms with Gasteiger partial charge < -0.3 is 19.3 Å². The lowest BCUT2D eigenvalue weighted by Gasteiger charge is -2.25. The second-order valence-electron chi connectivity index (χ2n) is 8.61. The first kappa shape index (κ1) is 23.4. The van der Waals surface area contributed by atoms with E-state index in [0.29, 0.717) is 30.9 Å². The molecule has 0 bridgehead atoms. The molecule has 1 aliphatic heterocycles. The summed E-state index contributed by atoms with van der Waals surface area (Å²) in [4.78, 5) is 30.5. The maximum atomic E-state index is 13.6. The molecule has 176 valence electrons. The summed E-state index contributed by atoms with van der Waals surface area (Å²) >= 11 is 0. The van der Waals surface area contributed by atoms with Gasteiger partial charge in [0.25, 0.3) is 5.91 Å². The summed E-state index contributed by atoms with van der Waals surface area (Å²) in [6.45, 7) is 1.35. The van der Waals surface area contributed by atoms with E-state index in [1.54, 1.807) is 48.3 Å². The second-order valence-corrected chi connectivity index (χ2v) is 8.61. The Bertz CT molecular complexity index is 1130. The summed E-state index contributed by atoms with van der Waals surface area (Å²) in [5.74, 6) is 0.911. The van der Waals surface area contributed by atoms with Crippen LogP contribution >= 0.6 is 0 Å². The Kier molecular flexibility index (Phi) is 7.16.